The number of anilines is 1. The number of nitrogens with zero attached hydrogens (tertiary/aromatic N) is 3. The second-order valence-corrected chi connectivity index (χ2v) is 7.56. The van der Waals surface area contributed by atoms with Gasteiger partial charge in [0, 0.05) is 23.6 Å². The average molecular weight is 386 g/mol. The molecule has 0 atom stereocenters. The van der Waals surface area contributed by atoms with Crippen LogP contribution in [0.4, 0.5) is 5.13 Å². The van der Waals surface area contributed by atoms with E-state index in [1.54, 1.807) is 34.1 Å². The second-order valence-electron chi connectivity index (χ2n) is 6.11. The standard InChI is InChI=1S/C19H16ClN3O2S/c20-14-6-3-5-13(11-14)18(25)23(12-22-10-4-9-17(22)24)19-21-15-7-1-2-8-16(15)26-19/h1-3,5-8,11H,4,9-10,12H2. The zero-order valence-corrected chi connectivity index (χ0v) is 15.5. The van der Waals surface area contributed by atoms with Crippen LogP contribution in [0.15, 0.2) is 48.5 Å². The number of thiazole rings is 1. The molecule has 1 aromatic heterocycles. The van der Waals surface area contributed by atoms with Crippen LogP contribution < -0.4 is 4.90 Å². The van der Waals surface area contributed by atoms with E-state index in [4.69, 9.17) is 11.6 Å². The van der Waals surface area contributed by atoms with Gasteiger partial charge in [-0.3, -0.25) is 14.5 Å². The summed E-state index contributed by atoms with van der Waals surface area (Å²) in [7, 11) is 0. The second kappa shape index (κ2) is 7.05. The SMILES string of the molecule is O=C1CCCN1CN(C(=O)c1cccc(Cl)c1)c1nc2ccccc2s1. The van der Waals surface area contributed by atoms with E-state index in [0.717, 1.165) is 16.6 Å². The summed E-state index contributed by atoms with van der Waals surface area (Å²) in [4.78, 5) is 33.1. The van der Waals surface area contributed by atoms with E-state index < -0.39 is 0 Å². The van der Waals surface area contributed by atoms with E-state index in [2.05, 4.69) is 4.98 Å². The largest absolute Gasteiger partial charge is 0.324 e. The molecular weight excluding hydrogens is 370 g/mol. The molecule has 26 heavy (non-hydrogen) atoms. The minimum Gasteiger partial charge on any atom is -0.324 e. The van der Waals surface area contributed by atoms with Gasteiger partial charge in [-0.2, -0.15) is 0 Å². The van der Waals surface area contributed by atoms with Crippen molar-refractivity contribution in [2.45, 2.75) is 12.8 Å². The van der Waals surface area contributed by atoms with E-state index >= 15 is 0 Å². The Morgan fingerprint density at radius 2 is 2.08 bits per heavy atom. The molecule has 0 N–H and O–H groups in total. The molecule has 1 fully saturated rings. The van der Waals surface area contributed by atoms with Gasteiger partial charge >= 0.3 is 0 Å². The van der Waals surface area contributed by atoms with Crippen molar-refractivity contribution in [1.29, 1.82) is 0 Å². The number of halogens is 1. The van der Waals surface area contributed by atoms with Gasteiger partial charge in [0.15, 0.2) is 5.13 Å². The van der Waals surface area contributed by atoms with E-state index in [1.165, 1.54) is 11.3 Å². The summed E-state index contributed by atoms with van der Waals surface area (Å²) in [6.45, 7) is 0.854. The number of hydrogen-bond acceptors (Lipinski definition) is 4. The van der Waals surface area contributed by atoms with Crippen molar-refractivity contribution in [3.05, 3.63) is 59.1 Å². The van der Waals surface area contributed by atoms with Crippen molar-refractivity contribution in [3.63, 3.8) is 0 Å². The molecule has 0 radical (unpaired) electrons. The highest BCUT2D eigenvalue weighted by Crippen LogP contribution is 2.30. The first-order valence-electron chi connectivity index (χ1n) is 8.32. The molecule has 2 heterocycles. The molecule has 0 saturated carbocycles. The number of para-hydroxylation sites is 1. The highest BCUT2D eigenvalue weighted by atomic mass is 35.5. The Morgan fingerprint density at radius 3 is 2.81 bits per heavy atom. The third-order valence-electron chi connectivity index (χ3n) is 4.31. The third-order valence-corrected chi connectivity index (χ3v) is 5.61. The zero-order valence-electron chi connectivity index (χ0n) is 13.9. The van der Waals surface area contributed by atoms with Crippen molar-refractivity contribution in [3.8, 4) is 0 Å². The summed E-state index contributed by atoms with van der Waals surface area (Å²) in [5.41, 5.74) is 1.31. The summed E-state index contributed by atoms with van der Waals surface area (Å²) in [5, 5.41) is 1.08. The topological polar surface area (TPSA) is 53.5 Å². The van der Waals surface area contributed by atoms with Gasteiger partial charge in [0.1, 0.15) is 6.67 Å². The molecule has 0 bridgehead atoms. The van der Waals surface area contributed by atoms with Crippen molar-refractivity contribution in [1.82, 2.24) is 9.88 Å². The molecule has 4 rings (SSSR count). The fourth-order valence-corrected chi connectivity index (χ4v) is 4.14. The van der Waals surface area contributed by atoms with Gasteiger partial charge in [-0.25, -0.2) is 4.98 Å². The van der Waals surface area contributed by atoms with Crippen LogP contribution in [-0.2, 0) is 4.79 Å². The third kappa shape index (κ3) is 3.30. The number of rotatable bonds is 4. The Bertz CT molecular complexity index is 955. The van der Waals surface area contributed by atoms with Gasteiger partial charge in [0.05, 0.1) is 10.2 Å². The van der Waals surface area contributed by atoms with Crippen LogP contribution in [0.3, 0.4) is 0 Å². The number of benzene rings is 2. The Balaban J connectivity index is 1.73. The highest BCUT2D eigenvalue weighted by molar-refractivity contribution is 7.22. The predicted molar refractivity (Wildman–Crippen MR) is 104 cm³/mol. The monoisotopic (exact) mass is 385 g/mol. The number of fused-ring (bicyclic) bond motifs is 1. The molecule has 0 aliphatic carbocycles. The highest BCUT2D eigenvalue weighted by Gasteiger charge is 2.28. The molecule has 5 nitrogen and oxygen atoms in total. The number of likely N-dealkylation sites (tertiary alicyclic amines) is 1. The number of amides is 2. The lowest BCUT2D eigenvalue weighted by atomic mass is 10.2. The van der Waals surface area contributed by atoms with Crippen LogP contribution in [0.2, 0.25) is 5.02 Å². The first-order chi connectivity index (χ1) is 12.6. The normalized spacial score (nSPS) is 14.2. The van der Waals surface area contributed by atoms with E-state index in [1.807, 2.05) is 24.3 Å². The van der Waals surface area contributed by atoms with Gasteiger partial charge in [-0.05, 0) is 36.8 Å². The number of carbonyl (C=O) groups is 2. The molecule has 0 spiro atoms. The molecule has 1 aliphatic rings. The van der Waals surface area contributed by atoms with Gasteiger partial charge in [0.25, 0.3) is 5.91 Å². The van der Waals surface area contributed by atoms with E-state index in [9.17, 15) is 9.59 Å². The van der Waals surface area contributed by atoms with Crippen molar-refractivity contribution >= 4 is 50.1 Å². The first-order valence-corrected chi connectivity index (χ1v) is 9.52. The molecule has 2 amide bonds. The van der Waals surface area contributed by atoms with Gasteiger partial charge in [-0.15, -0.1) is 0 Å². The van der Waals surface area contributed by atoms with Crippen molar-refractivity contribution in [2.75, 3.05) is 18.1 Å². The summed E-state index contributed by atoms with van der Waals surface area (Å²) < 4.78 is 0.999. The Hall–Kier alpha value is -2.44. The molecule has 3 aromatic rings. The van der Waals surface area contributed by atoms with Crippen molar-refractivity contribution < 1.29 is 9.59 Å². The van der Waals surface area contributed by atoms with E-state index in [-0.39, 0.29) is 18.5 Å². The smallest absolute Gasteiger partial charge is 0.261 e. The predicted octanol–water partition coefficient (Wildman–Crippen LogP) is 4.18. The molecule has 1 aliphatic heterocycles. The fourth-order valence-electron chi connectivity index (χ4n) is 2.99. The fraction of sp³-hybridized carbons (Fsp3) is 0.211. The Labute approximate surface area is 159 Å². The van der Waals surface area contributed by atoms with Crippen LogP contribution in [0.25, 0.3) is 10.2 Å². The molecule has 132 valence electrons. The summed E-state index contributed by atoms with van der Waals surface area (Å²) in [6.07, 6.45) is 1.34. The maximum Gasteiger partial charge on any atom is 0.261 e. The molecule has 2 aromatic carbocycles. The minimum atomic E-state index is -0.216. The van der Waals surface area contributed by atoms with E-state index in [0.29, 0.717) is 28.7 Å². The van der Waals surface area contributed by atoms with Gasteiger partial charge < -0.3 is 4.90 Å². The number of aromatic nitrogens is 1. The lowest BCUT2D eigenvalue weighted by Gasteiger charge is -2.26. The molecule has 0 unspecified atom stereocenters. The van der Waals surface area contributed by atoms with Crippen LogP contribution in [0, 0.1) is 0 Å². The average Bonchev–Trinajstić information content (AvgIpc) is 3.24. The molecule has 1 saturated heterocycles. The quantitative estimate of drug-likeness (QED) is 0.677. The zero-order chi connectivity index (χ0) is 18.1. The first kappa shape index (κ1) is 17.0. The summed E-state index contributed by atoms with van der Waals surface area (Å²) in [6, 6.07) is 14.6. The molecule has 7 heteroatoms. The lowest BCUT2D eigenvalue weighted by Crippen LogP contribution is -2.42. The maximum absolute atomic E-state index is 13.2. The number of carbonyl (C=O) groups excluding carboxylic acids is 2. The minimum absolute atomic E-state index is 0.0648. The Morgan fingerprint density at radius 1 is 1.23 bits per heavy atom. The van der Waals surface area contributed by atoms with Crippen LogP contribution in [0.1, 0.15) is 23.2 Å². The van der Waals surface area contributed by atoms with Gasteiger partial charge in [-0.1, -0.05) is 41.1 Å². The number of hydrogen-bond donors (Lipinski definition) is 0. The molecular formula is C19H16ClN3O2S. The van der Waals surface area contributed by atoms with Crippen LogP contribution in [-0.4, -0.2) is 34.9 Å². The van der Waals surface area contributed by atoms with Crippen molar-refractivity contribution in [2.24, 2.45) is 0 Å². The van der Waals surface area contributed by atoms with Gasteiger partial charge in [0.2, 0.25) is 5.91 Å². The summed E-state index contributed by atoms with van der Waals surface area (Å²) in [5.74, 6) is -0.152. The van der Waals surface area contributed by atoms with Crippen LogP contribution >= 0.6 is 22.9 Å². The Kier molecular flexibility index (Phi) is 4.61. The van der Waals surface area contributed by atoms with Crippen LogP contribution in [0.5, 0.6) is 0 Å². The lowest BCUT2D eigenvalue weighted by molar-refractivity contribution is -0.127. The summed E-state index contributed by atoms with van der Waals surface area (Å²) >= 11 is 7.49. The maximum atomic E-state index is 13.2.